The number of nitrogens with zero attached hydrogens (tertiary/aromatic N) is 16. The van der Waals surface area contributed by atoms with Gasteiger partial charge >= 0.3 is 0 Å². The minimum atomic E-state index is -1.51. The van der Waals surface area contributed by atoms with Crippen LogP contribution in [-0.2, 0) is 5.67 Å². The summed E-state index contributed by atoms with van der Waals surface area (Å²) in [6, 6.07) is 55.9. The Morgan fingerprint density at radius 3 is 1.07 bits per heavy atom. The number of piperidine rings is 4. The zero-order valence-electron chi connectivity index (χ0n) is 77.1. The van der Waals surface area contributed by atoms with Gasteiger partial charge in [-0.1, -0.05) is 85.8 Å². The molecule has 684 valence electrons. The number of aliphatic hydroxyl groups is 3. The molecule has 4 aliphatic heterocycles. The van der Waals surface area contributed by atoms with Crippen LogP contribution in [0.15, 0.2) is 164 Å². The fourth-order valence-electron chi connectivity index (χ4n) is 19.6. The molecule has 4 aromatic heterocycles. The molecule has 130 heavy (non-hydrogen) atoms. The molecule has 8 aliphatic rings. The number of halogens is 2. The molecule has 4 saturated carbocycles. The van der Waals surface area contributed by atoms with Gasteiger partial charge in [0.15, 0.2) is 11.5 Å². The highest BCUT2D eigenvalue weighted by molar-refractivity contribution is 6.01. The molecule has 0 radical (unpaired) electrons. The molecule has 0 bridgehead atoms. The van der Waals surface area contributed by atoms with Gasteiger partial charge in [0.05, 0.1) is 81.4 Å². The van der Waals surface area contributed by atoms with Crippen LogP contribution in [0, 0.1) is 5.82 Å². The van der Waals surface area contributed by atoms with E-state index < -0.39 is 11.5 Å². The number of hydrogen-bond acceptors (Lipinski definition) is 23. The van der Waals surface area contributed by atoms with Crippen LogP contribution in [0.5, 0.6) is 23.0 Å². The van der Waals surface area contributed by atoms with Crippen molar-refractivity contribution >= 4 is 89.6 Å². The highest BCUT2D eigenvalue weighted by atomic mass is 19.1. The number of rotatable bonds is 28. The maximum absolute atomic E-state index is 15.0. The summed E-state index contributed by atoms with van der Waals surface area (Å²) in [6.45, 7) is 12.3. The maximum atomic E-state index is 15.0. The van der Waals surface area contributed by atoms with Gasteiger partial charge in [0.2, 0.25) is 0 Å². The first-order valence-electron chi connectivity index (χ1n) is 47.3. The van der Waals surface area contributed by atoms with Crippen LogP contribution >= 0.6 is 0 Å². The zero-order valence-corrected chi connectivity index (χ0v) is 77.1. The van der Waals surface area contributed by atoms with Crippen LogP contribution in [0.3, 0.4) is 0 Å². The fraction of sp³-hybridized carbons (Fsp3) is 0.467. The summed E-state index contributed by atoms with van der Waals surface area (Å²) in [5.41, 5.74) is 10.9. The Labute approximate surface area is 763 Å². The average Bonchev–Trinajstić information content (AvgIpc) is 1.65. The third-order valence-electron chi connectivity index (χ3n) is 27.8. The van der Waals surface area contributed by atoms with Crippen molar-refractivity contribution in [3.8, 4) is 23.0 Å². The predicted molar refractivity (Wildman–Crippen MR) is 519 cm³/mol. The number of alkyl halides is 1. The SMILES string of the molecule is CCCN(C)c1ccc2c(N3CCC(c4ccccc4OC)CC3)nc(C3CC3)nc2c1.COc1ccccc1C1CCN(c2nc(C3(F)CC3)nc3cc(F)c(N(C)CCO)cc23)CC1.COc1ccccc1C1CCN(c2nc(C3CC3)nc3cc(N(C)CCO)ccc23)CC1.COc1ccccc1C1CCN(c2nc(C3CC3)nc3cccc(N(C)CCO)c23)CC1. The van der Waals surface area contributed by atoms with Crippen molar-refractivity contribution in [1.29, 1.82) is 0 Å². The Kier molecular flexibility index (Phi) is 28.4. The smallest absolute Gasteiger partial charge is 0.170 e. The highest BCUT2D eigenvalue weighted by Gasteiger charge is 2.49. The standard InChI is InChI=1S/C27H34N4O.C26H30F2N4O2.2C26H32N4O2/c1-4-15-30(2)21-11-12-23-24(18-21)28-26(20-9-10-20)29-27(23)31-16-13-19(14-17-31)22-7-5-6-8-25(22)32-3;1-31(13-14-33)22-15-19-21(16-20(22)27)29-25(26(28)9-10-26)30-24(19)32-11-7-17(8-12-32)18-5-3-4-6-23(18)34-2;1-29(16-17-31)22-8-5-7-21-24(22)26(28-25(27-21)19-10-11-19)30-14-12-18(13-15-30)20-6-3-4-9-23(20)32-2;1-29(15-16-31)20-9-10-22-23(17-20)27-25(19-7-8-19)28-26(22)30-13-11-18(12-14-30)21-5-3-4-6-24(21)32-2/h5-8,11-12,18-20H,4,9-10,13-17H2,1-3H3;3-6,15-17,33H,7-14H2,1-2H3;3-9,18-19,31H,10-17H2,1-2H3;3-6,9-10,17-19,31H,7-8,11-16H2,1-2H3. The fourth-order valence-corrected chi connectivity index (χ4v) is 19.6. The van der Waals surface area contributed by atoms with E-state index in [4.69, 9.17) is 53.8 Å². The number of likely N-dealkylation sites (N-methyl/N-ethyl adjacent to an activating group) is 3. The minimum Gasteiger partial charge on any atom is -0.496 e. The Balaban J connectivity index is 0.000000121. The first kappa shape index (κ1) is 90.4. The molecule has 4 aliphatic carbocycles. The second kappa shape index (κ2) is 40.9. The third-order valence-corrected chi connectivity index (χ3v) is 27.8. The van der Waals surface area contributed by atoms with Crippen molar-refractivity contribution in [3.05, 3.63) is 215 Å². The molecule has 23 nitrogen and oxygen atoms in total. The van der Waals surface area contributed by atoms with Gasteiger partial charge in [0.25, 0.3) is 0 Å². The van der Waals surface area contributed by atoms with Gasteiger partial charge in [-0.2, -0.15) is 0 Å². The summed E-state index contributed by atoms with van der Waals surface area (Å²) >= 11 is 0. The number of benzene rings is 8. The molecule has 8 heterocycles. The van der Waals surface area contributed by atoms with Gasteiger partial charge in [0, 0.05) is 164 Å². The summed E-state index contributed by atoms with van der Waals surface area (Å²) in [5, 5.41) is 32.2. The summed E-state index contributed by atoms with van der Waals surface area (Å²) in [5.74, 6) is 14.0. The largest absolute Gasteiger partial charge is 0.496 e. The van der Waals surface area contributed by atoms with Gasteiger partial charge in [-0.3, -0.25) is 0 Å². The van der Waals surface area contributed by atoms with Crippen molar-refractivity contribution in [3.63, 3.8) is 0 Å². The molecule has 0 atom stereocenters. The van der Waals surface area contributed by atoms with E-state index in [-0.39, 0.29) is 25.6 Å². The van der Waals surface area contributed by atoms with E-state index in [0.29, 0.717) is 96.3 Å². The molecule has 8 fully saturated rings. The molecule has 0 amide bonds. The highest BCUT2D eigenvalue weighted by Crippen LogP contribution is 2.51. The quantitative estimate of drug-likeness (QED) is 0.0414. The lowest BCUT2D eigenvalue weighted by atomic mass is 9.88. The molecular formula is C105H128F2N16O7. The van der Waals surface area contributed by atoms with Gasteiger partial charge in [-0.15, -0.1) is 0 Å². The van der Waals surface area contributed by atoms with E-state index in [1.54, 1.807) is 46.5 Å². The summed E-state index contributed by atoms with van der Waals surface area (Å²) < 4.78 is 52.3. The van der Waals surface area contributed by atoms with E-state index in [9.17, 15) is 24.1 Å². The first-order valence-corrected chi connectivity index (χ1v) is 47.3. The van der Waals surface area contributed by atoms with Gasteiger partial charge in [-0.25, -0.2) is 48.7 Å². The monoisotopic (exact) mass is 1760 g/mol. The Bertz CT molecular complexity index is 5680. The second-order valence-corrected chi connectivity index (χ2v) is 36.6. The van der Waals surface area contributed by atoms with Crippen LogP contribution in [-0.4, -0.2) is 210 Å². The number of anilines is 8. The summed E-state index contributed by atoms with van der Waals surface area (Å²) in [6.07, 6.45) is 17.4. The number of ether oxygens (including phenoxy) is 4. The number of hydrogen-bond donors (Lipinski definition) is 3. The van der Waals surface area contributed by atoms with Crippen molar-refractivity contribution < 1.29 is 43.0 Å². The lowest BCUT2D eigenvalue weighted by Crippen LogP contribution is -2.34. The number of para-hydroxylation sites is 4. The van der Waals surface area contributed by atoms with Gasteiger partial charge in [-0.05, 0) is 234 Å². The summed E-state index contributed by atoms with van der Waals surface area (Å²) in [4.78, 5) is 57.0. The predicted octanol–water partition coefficient (Wildman–Crippen LogP) is 19.0. The molecule has 12 aromatic rings. The van der Waals surface area contributed by atoms with Crippen LogP contribution in [0.25, 0.3) is 43.6 Å². The molecular weight excluding hydrogens is 1640 g/mol. The minimum absolute atomic E-state index is 0.0862. The molecule has 0 unspecified atom stereocenters. The molecule has 0 spiro atoms. The first-order chi connectivity index (χ1) is 63.5. The average molecular weight is 1760 g/mol. The van der Waals surface area contributed by atoms with Crippen molar-refractivity contribution in [2.24, 2.45) is 0 Å². The molecule has 25 heteroatoms. The number of aromatic nitrogens is 8. The van der Waals surface area contributed by atoms with Crippen LogP contribution in [0.2, 0.25) is 0 Å². The Morgan fingerprint density at radius 2 is 0.692 bits per heavy atom. The topological polar surface area (TPSA) is 227 Å². The maximum Gasteiger partial charge on any atom is 0.170 e. The van der Waals surface area contributed by atoms with E-state index in [2.05, 4.69) is 175 Å². The molecule has 4 saturated heterocycles. The lowest BCUT2D eigenvalue weighted by molar-refractivity contribution is 0.301. The third kappa shape index (κ3) is 20.3. The van der Waals surface area contributed by atoms with Crippen molar-refractivity contribution in [1.82, 2.24) is 39.9 Å². The zero-order chi connectivity index (χ0) is 90.1. The normalized spacial score (nSPS) is 17.2. The van der Waals surface area contributed by atoms with Crippen molar-refractivity contribution in [2.75, 3.05) is 194 Å². The number of aliphatic hydroxyl groups excluding tert-OH is 3. The lowest BCUT2D eigenvalue weighted by Gasteiger charge is -2.35. The van der Waals surface area contributed by atoms with Crippen molar-refractivity contribution in [2.45, 2.75) is 163 Å². The van der Waals surface area contributed by atoms with E-state index in [1.807, 2.05) is 44.4 Å². The second-order valence-electron chi connectivity index (χ2n) is 36.6. The van der Waals surface area contributed by atoms with E-state index in [1.165, 1.54) is 77.9 Å². The van der Waals surface area contributed by atoms with Gasteiger partial charge in [0.1, 0.15) is 69.6 Å². The van der Waals surface area contributed by atoms with Crippen LogP contribution in [0.4, 0.5) is 54.8 Å². The molecule has 8 aromatic carbocycles. The van der Waals surface area contributed by atoms with E-state index >= 15 is 0 Å². The Morgan fingerprint density at radius 1 is 0.346 bits per heavy atom. The summed E-state index contributed by atoms with van der Waals surface area (Å²) in [7, 11) is 14.9. The number of fused-ring (bicyclic) bond motifs is 4. The van der Waals surface area contributed by atoms with E-state index in [0.717, 1.165) is 213 Å². The van der Waals surface area contributed by atoms with Crippen LogP contribution < -0.4 is 58.1 Å². The number of methoxy groups -OCH3 is 4. The Hall–Kier alpha value is -11.5. The molecule has 3 N–H and O–H groups in total. The van der Waals surface area contributed by atoms with Gasteiger partial charge < -0.3 is 73.5 Å². The van der Waals surface area contributed by atoms with Crippen LogP contribution in [0.1, 0.15) is 203 Å². The molecule has 20 rings (SSSR count).